The van der Waals surface area contributed by atoms with Crippen LogP contribution in [0.4, 0.5) is 5.69 Å². The van der Waals surface area contributed by atoms with Gasteiger partial charge < -0.3 is 9.64 Å². The van der Waals surface area contributed by atoms with Gasteiger partial charge in [0, 0.05) is 36.8 Å². The van der Waals surface area contributed by atoms with E-state index in [1.807, 2.05) is 18.3 Å². The first-order chi connectivity index (χ1) is 10.3. The number of anilines is 1. The normalized spacial score (nSPS) is 16.1. The maximum absolute atomic E-state index is 11.4. The van der Waals surface area contributed by atoms with Crippen LogP contribution in [0.5, 0.6) is 0 Å². The fourth-order valence-electron chi connectivity index (χ4n) is 3.05. The summed E-state index contributed by atoms with van der Waals surface area (Å²) in [5, 5.41) is 1.20. The number of ether oxygens (including phenoxy) is 1. The van der Waals surface area contributed by atoms with Gasteiger partial charge in [0.05, 0.1) is 12.6 Å². The maximum Gasteiger partial charge on any atom is 0.305 e. The van der Waals surface area contributed by atoms with Crippen molar-refractivity contribution in [2.24, 2.45) is 5.92 Å². The third-order valence-electron chi connectivity index (χ3n) is 4.26. The first-order valence-corrected chi connectivity index (χ1v) is 7.43. The van der Waals surface area contributed by atoms with Crippen molar-refractivity contribution in [1.82, 2.24) is 4.98 Å². The lowest BCUT2D eigenvalue weighted by molar-refractivity contribution is -0.141. The highest BCUT2D eigenvalue weighted by Gasteiger charge is 2.22. The molecule has 1 aliphatic heterocycles. The topological polar surface area (TPSA) is 42.4 Å². The quantitative estimate of drug-likeness (QED) is 0.813. The maximum atomic E-state index is 11.4. The number of carbonyl (C=O) groups excluding carboxylic acids is 1. The Labute approximate surface area is 124 Å². The summed E-state index contributed by atoms with van der Waals surface area (Å²) in [6.45, 7) is 1.96. The number of hydrogen-bond donors (Lipinski definition) is 0. The third-order valence-corrected chi connectivity index (χ3v) is 4.26. The minimum absolute atomic E-state index is 0.0946. The van der Waals surface area contributed by atoms with E-state index in [9.17, 15) is 4.79 Å². The van der Waals surface area contributed by atoms with Crippen molar-refractivity contribution in [2.75, 3.05) is 25.1 Å². The summed E-state index contributed by atoms with van der Waals surface area (Å²) < 4.78 is 4.76. The molecule has 110 valence electrons. The molecule has 21 heavy (non-hydrogen) atoms. The molecule has 0 aliphatic carbocycles. The van der Waals surface area contributed by atoms with E-state index in [1.165, 1.54) is 18.2 Å². The second-order valence-electron chi connectivity index (χ2n) is 5.56. The van der Waals surface area contributed by atoms with Gasteiger partial charge in [0.2, 0.25) is 0 Å². The summed E-state index contributed by atoms with van der Waals surface area (Å²) in [6, 6.07) is 10.3. The van der Waals surface area contributed by atoms with E-state index in [-0.39, 0.29) is 5.97 Å². The van der Waals surface area contributed by atoms with Gasteiger partial charge >= 0.3 is 5.97 Å². The Balaban J connectivity index is 1.73. The van der Waals surface area contributed by atoms with E-state index in [4.69, 9.17) is 4.74 Å². The Bertz CT molecular complexity index is 628. The zero-order valence-electron chi connectivity index (χ0n) is 12.3. The monoisotopic (exact) mass is 284 g/mol. The molecule has 2 aromatic rings. The number of fused-ring (bicyclic) bond motifs is 1. The predicted molar refractivity (Wildman–Crippen MR) is 83.3 cm³/mol. The first-order valence-electron chi connectivity index (χ1n) is 7.43. The molecule has 1 aliphatic rings. The molecule has 1 fully saturated rings. The van der Waals surface area contributed by atoms with Gasteiger partial charge in [0.15, 0.2) is 0 Å². The van der Waals surface area contributed by atoms with Gasteiger partial charge in [-0.05, 0) is 30.9 Å². The van der Waals surface area contributed by atoms with Crippen molar-refractivity contribution in [1.29, 1.82) is 0 Å². The number of hydrogen-bond acceptors (Lipinski definition) is 4. The minimum Gasteiger partial charge on any atom is -0.469 e. The average molecular weight is 284 g/mol. The predicted octanol–water partition coefficient (Wildman–Crippen LogP) is 3.01. The fourth-order valence-corrected chi connectivity index (χ4v) is 3.05. The number of piperidine rings is 1. The number of rotatable bonds is 3. The Morgan fingerprint density at radius 3 is 2.81 bits per heavy atom. The van der Waals surface area contributed by atoms with Crippen LogP contribution in [0, 0.1) is 5.92 Å². The number of benzene rings is 1. The van der Waals surface area contributed by atoms with Gasteiger partial charge in [0.25, 0.3) is 0 Å². The van der Waals surface area contributed by atoms with Gasteiger partial charge in [-0.15, -0.1) is 0 Å². The first kappa shape index (κ1) is 13.9. The minimum atomic E-state index is -0.0946. The largest absolute Gasteiger partial charge is 0.469 e. The third kappa shape index (κ3) is 2.99. The van der Waals surface area contributed by atoms with Gasteiger partial charge in [-0.2, -0.15) is 0 Å². The molecule has 1 aromatic heterocycles. The van der Waals surface area contributed by atoms with Crippen molar-refractivity contribution < 1.29 is 9.53 Å². The van der Waals surface area contributed by atoms with E-state index in [0.29, 0.717) is 12.3 Å². The van der Waals surface area contributed by atoms with Crippen molar-refractivity contribution in [3.05, 3.63) is 36.5 Å². The standard InChI is InChI=1S/C17H20N2O2/c1-21-17(20)12-13-7-10-19(11-8-13)16-6-9-18-15-5-3-2-4-14(15)16/h2-6,9,13H,7-8,10-12H2,1H3. The lowest BCUT2D eigenvalue weighted by atomic mass is 9.93. The van der Waals surface area contributed by atoms with Crippen molar-refractivity contribution >= 4 is 22.6 Å². The van der Waals surface area contributed by atoms with Crippen molar-refractivity contribution in [2.45, 2.75) is 19.3 Å². The lowest BCUT2D eigenvalue weighted by Gasteiger charge is -2.33. The number of aromatic nitrogens is 1. The van der Waals surface area contributed by atoms with Crippen LogP contribution in [-0.2, 0) is 9.53 Å². The molecule has 0 bridgehead atoms. The van der Waals surface area contributed by atoms with E-state index >= 15 is 0 Å². The molecule has 0 saturated carbocycles. The van der Waals surface area contributed by atoms with Crippen LogP contribution in [0.1, 0.15) is 19.3 Å². The number of methoxy groups -OCH3 is 1. The zero-order valence-corrected chi connectivity index (χ0v) is 12.3. The lowest BCUT2D eigenvalue weighted by Crippen LogP contribution is -2.34. The highest BCUT2D eigenvalue weighted by atomic mass is 16.5. The molecule has 4 nitrogen and oxygen atoms in total. The number of pyridine rings is 1. The van der Waals surface area contributed by atoms with Crippen LogP contribution in [0.25, 0.3) is 10.9 Å². The van der Waals surface area contributed by atoms with Crippen LogP contribution in [-0.4, -0.2) is 31.2 Å². The molecule has 0 N–H and O–H groups in total. The van der Waals surface area contributed by atoms with Gasteiger partial charge in [-0.1, -0.05) is 18.2 Å². The smallest absolute Gasteiger partial charge is 0.305 e. The molecule has 1 saturated heterocycles. The molecular weight excluding hydrogens is 264 g/mol. The molecule has 0 amide bonds. The summed E-state index contributed by atoms with van der Waals surface area (Å²) in [7, 11) is 1.46. The van der Waals surface area contributed by atoms with Crippen LogP contribution < -0.4 is 4.90 Å². The zero-order chi connectivity index (χ0) is 14.7. The Hall–Kier alpha value is -2.10. The van der Waals surface area contributed by atoms with E-state index in [1.54, 1.807) is 0 Å². The number of carbonyl (C=O) groups is 1. The Morgan fingerprint density at radius 1 is 1.29 bits per heavy atom. The van der Waals surface area contributed by atoms with Crippen LogP contribution in [0.15, 0.2) is 36.5 Å². The van der Waals surface area contributed by atoms with Crippen LogP contribution >= 0.6 is 0 Å². The molecule has 0 spiro atoms. The fraction of sp³-hybridized carbons (Fsp3) is 0.412. The molecule has 0 radical (unpaired) electrons. The summed E-state index contributed by atoms with van der Waals surface area (Å²) >= 11 is 0. The summed E-state index contributed by atoms with van der Waals surface area (Å²) in [5.41, 5.74) is 2.28. The SMILES string of the molecule is COC(=O)CC1CCN(c2ccnc3ccccc23)CC1. The van der Waals surface area contributed by atoms with Crippen LogP contribution in [0.2, 0.25) is 0 Å². The number of para-hydroxylation sites is 1. The van der Waals surface area contributed by atoms with E-state index in [2.05, 4.69) is 28.1 Å². The van der Waals surface area contributed by atoms with Crippen LogP contribution in [0.3, 0.4) is 0 Å². The molecule has 0 atom stereocenters. The van der Waals surface area contributed by atoms with Gasteiger partial charge in [-0.25, -0.2) is 0 Å². The molecule has 4 heteroatoms. The summed E-state index contributed by atoms with van der Waals surface area (Å²) in [5.74, 6) is 0.351. The van der Waals surface area contributed by atoms with E-state index in [0.717, 1.165) is 31.4 Å². The van der Waals surface area contributed by atoms with Gasteiger partial charge in [-0.3, -0.25) is 9.78 Å². The molecular formula is C17H20N2O2. The highest BCUT2D eigenvalue weighted by molar-refractivity contribution is 5.91. The highest BCUT2D eigenvalue weighted by Crippen LogP contribution is 2.30. The Morgan fingerprint density at radius 2 is 2.05 bits per heavy atom. The summed E-state index contributed by atoms with van der Waals surface area (Å²) in [4.78, 5) is 18.2. The Kier molecular flexibility index (Phi) is 4.04. The molecule has 2 heterocycles. The summed E-state index contributed by atoms with van der Waals surface area (Å²) in [6.07, 6.45) is 4.48. The molecule has 1 aromatic carbocycles. The average Bonchev–Trinajstić information content (AvgIpc) is 2.55. The number of esters is 1. The second-order valence-corrected chi connectivity index (χ2v) is 5.56. The van der Waals surface area contributed by atoms with Crippen molar-refractivity contribution in [3.8, 4) is 0 Å². The molecule has 3 rings (SSSR count). The van der Waals surface area contributed by atoms with E-state index < -0.39 is 0 Å². The van der Waals surface area contributed by atoms with Crippen molar-refractivity contribution in [3.63, 3.8) is 0 Å². The molecule has 0 unspecified atom stereocenters. The number of nitrogens with zero attached hydrogens (tertiary/aromatic N) is 2. The van der Waals surface area contributed by atoms with Gasteiger partial charge in [0.1, 0.15) is 0 Å². The second kappa shape index (κ2) is 6.12.